The van der Waals surface area contributed by atoms with E-state index in [1.165, 1.54) is 18.4 Å². The molecule has 1 aliphatic rings. The number of hydrogen-bond donors (Lipinski definition) is 0. The molecule has 0 aliphatic carbocycles. The fourth-order valence-electron chi connectivity index (χ4n) is 3.26. The summed E-state index contributed by atoms with van der Waals surface area (Å²) in [6.07, 6.45) is 4.11. The Morgan fingerprint density at radius 3 is 2.87 bits per heavy atom. The van der Waals surface area contributed by atoms with Crippen LogP contribution in [0.3, 0.4) is 0 Å². The number of aromatic nitrogens is 5. The van der Waals surface area contributed by atoms with Crippen LogP contribution in [0.5, 0.6) is 0 Å². The largest absolute Gasteiger partial charge is 0.354 e. The molecule has 2 aromatic heterocycles. The highest BCUT2D eigenvalue weighted by Gasteiger charge is 2.22. The fraction of sp³-hybridized carbons (Fsp3) is 0.412. The Balaban J connectivity index is 1.69. The second-order valence-corrected chi connectivity index (χ2v) is 6.30. The summed E-state index contributed by atoms with van der Waals surface area (Å²) in [7, 11) is 0. The van der Waals surface area contributed by atoms with Gasteiger partial charge in [-0.25, -0.2) is 14.6 Å². The van der Waals surface area contributed by atoms with Crippen molar-refractivity contribution in [3.63, 3.8) is 0 Å². The number of fused-ring (bicyclic) bond motifs is 1. The van der Waals surface area contributed by atoms with Crippen molar-refractivity contribution in [2.24, 2.45) is 5.92 Å². The van der Waals surface area contributed by atoms with Crippen LogP contribution in [-0.2, 0) is 6.54 Å². The second-order valence-electron chi connectivity index (χ2n) is 6.30. The zero-order valence-electron chi connectivity index (χ0n) is 13.3. The topological polar surface area (TPSA) is 59.7 Å². The predicted molar refractivity (Wildman–Crippen MR) is 89.3 cm³/mol. The predicted octanol–water partition coefficient (Wildman–Crippen LogP) is 2.51. The maximum atomic E-state index is 4.48. The van der Waals surface area contributed by atoms with Gasteiger partial charge in [-0.3, -0.25) is 0 Å². The van der Waals surface area contributed by atoms with Gasteiger partial charge in [0.2, 0.25) is 0 Å². The molecule has 118 valence electrons. The third-order valence-electron chi connectivity index (χ3n) is 4.41. The lowest BCUT2D eigenvalue weighted by Crippen LogP contribution is -2.35. The monoisotopic (exact) mass is 308 g/mol. The lowest BCUT2D eigenvalue weighted by molar-refractivity contribution is 0.445. The van der Waals surface area contributed by atoms with E-state index in [-0.39, 0.29) is 0 Å². The first-order chi connectivity index (χ1) is 11.3. The van der Waals surface area contributed by atoms with Gasteiger partial charge in [0.15, 0.2) is 17.0 Å². The molecular weight excluding hydrogens is 288 g/mol. The van der Waals surface area contributed by atoms with Gasteiger partial charge in [-0.1, -0.05) is 42.5 Å². The quantitative estimate of drug-likeness (QED) is 0.744. The first-order valence-electron chi connectivity index (χ1n) is 8.14. The summed E-state index contributed by atoms with van der Waals surface area (Å²) in [5.41, 5.74) is 2.79. The molecule has 6 heteroatoms. The molecule has 0 saturated carbocycles. The smallest absolute Gasteiger partial charge is 0.184 e. The molecule has 0 spiro atoms. The standard InChI is InChI=1S/C17H20N6/c1-13-6-5-9-22(10-13)16-15-17(19-12-18-16)23(21-20-15)11-14-7-3-2-4-8-14/h2-4,7-8,12-13H,5-6,9-11H2,1H3/t13-/m0/s1. The molecule has 1 saturated heterocycles. The summed E-state index contributed by atoms with van der Waals surface area (Å²) in [6.45, 7) is 5.01. The van der Waals surface area contributed by atoms with E-state index >= 15 is 0 Å². The van der Waals surface area contributed by atoms with Gasteiger partial charge < -0.3 is 4.90 Å². The molecule has 3 heterocycles. The van der Waals surface area contributed by atoms with Crippen molar-refractivity contribution in [1.82, 2.24) is 25.0 Å². The van der Waals surface area contributed by atoms with Gasteiger partial charge in [-0.2, -0.15) is 0 Å². The third-order valence-corrected chi connectivity index (χ3v) is 4.41. The number of benzene rings is 1. The van der Waals surface area contributed by atoms with Crippen LogP contribution < -0.4 is 4.90 Å². The summed E-state index contributed by atoms with van der Waals surface area (Å²) in [5, 5.41) is 8.66. The average molecular weight is 308 g/mol. The van der Waals surface area contributed by atoms with Crippen LogP contribution in [0.25, 0.3) is 11.2 Å². The van der Waals surface area contributed by atoms with Crippen molar-refractivity contribution in [2.45, 2.75) is 26.3 Å². The van der Waals surface area contributed by atoms with Gasteiger partial charge >= 0.3 is 0 Å². The third kappa shape index (κ3) is 2.76. The first-order valence-corrected chi connectivity index (χ1v) is 8.14. The first kappa shape index (κ1) is 14.1. The molecule has 6 nitrogen and oxygen atoms in total. The number of rotatable bonds is 3. The SMILES string of the molecule is C[C@H]1CCCN(c2ncnc3c2nnn3Cc2ccccc2)C1. The van der Waals surface area contributed by atoms with E-state index in [0.717, 1.165) is 30.1 Å². The van der Waals surface area contributed by atoms with Crippen molar-refractivity contribution in [2.75, 3.05) is 18.0 Å². The Kier molecular flexibility index (Phi) is 3.65. The van der Waals surface area contributed by atoms with Crippen LogP contribution in [-0.4, -0.2) is 38.1 Å². The zero-order chi connectivity index (χ0) is 15.6. The molecule has 23 heavy (non-hydrogen) atoms. The Morgan fingerprint density at radius 1 is 1.17 bits per heavy atom. The van der Waals surface area contributed by atoms with E-state index < -0.39 is 0 Å². The van der Waals surface area contributed by atoms with Crippen molar-refractivity contribution in [3.05, 3.63) is 42.2 Å². The van der Waals surface area contributed by atoms with Gasteiger partial charge in [0, 0.05) is 13.1 Å². The van der Waals surface area contributed by atoms with Gasteiger partial charge in [-0.15, -0.1) is 5.10 Å². The van der Waals surface area contributed by atoms with Gasteiger partial charge in [0.1, 0.15) is 6.33 Å². The number of nitrogens with zero attached hydrogens (tertiary/aromatic N) is 6. The zero-order valence-corrected chi connectivity index (χ0v) is 13.3. The minimum atomic E-state index is 0.671. The maximum Gasteiger partial charge on any atom is 0.184 e. The number of hydrogen-bond acceptors (Lipinski definition) is 5. The van der Waals surface area contributed by atoms with Crippen LogP contribution in [0.2, 0.25) is 0 Å². The summed E-state index contributed by atoms with van der Waals surface area (Å²) >= 11 is 0. The molecule has 3 aromatic rings. The highest BCUT2D eigenvalue weighted by molar-refractivity contribution is 5.82. The molecule has 1 aliphatic heterocycles. The van der Waals surface area contributed by atoms with Crippen LogP contribution in [0.15, 0.2) is 36.7 Å². The Morgan fingerprint density at radius 2 is 2.04 bits per heavy atom. The van der Waals surface area contributed by atoms with Crippen LogP contribution in [0, 0.1) is 5.92 Å². The molecule has 1 atom stereocenters. The van der Waals surface area contributed by atoms with E-state index in [0.29, 0.717) is 12.5 Å². The van der Waals surface area contributed by atoms with E-state index in [4.69, 9.17) is 0 Å². The molecule has 4 rings (SSSR count). The van der Waals surface area contributed by atoms with E-state index in [9.17, 15) is 0 Å². The molecule has 1 fully saturated rings. The lowest BCUT2D eigenvalue weighted by Gasteiger charge is -2.31. The van der Waals surface area contributed by atoms with Gasteiger partial charge in [-0.05, 0) is 24.3 Å². The fourth-order valence-corrected chi connectivity index (χ4v) is 3.26. The van der Waals surface area contributed by atoms with Crippen LogP contribution in [0.1, 0.15) is 25.3 Å². The Hall–Kier alpha value is -2.50. The lowest BCUT2D eigenvalue weighted by atomic mass is 10.0. The highest BCUT2D eigenvalue weighted by atomic mass is 15.4. The Bertz CT molecular complexity index is 797. The van der Waals surface area contributed by atoms with E-state index in [2.05, 4.69) is 44.2 Å². The average Bonchev–Trinajstić information content (AvgIpc) is 2.99. The van der Waals surface area contributed by atoms with Crippen molar-refractivity contribution < 1.29 is 0 Å². The van der Waals surface area contributed by atoms with Crippen molar-refractivity contribution >= 4 is 17.0 Å². The summed E-state index contributed by atoms with van der Waals surface area (Å²) in [5.74, 6) is 1.61. The number of anilines is 1. The molecule has 0 unspecified atom stereocenters. The molecule has 0 bridgehead atoms. The number of piperidine rings is 1. The maximum absolute atomic E-state index is 4.48. The van der Waals surface area contributed by atoms with Crippen molar-refractivity contribution in [3.8, 4) is 0 Å². The second kappa shape index (κ2) is 5.95. The summed E-state index contributed by atoms with van der Waals surface area (Å²) in [6, 6.07) is 10.2. The highest BCUT2D eigenvalue weighted by Crippen LogP contribution is 2.25. The summed E-state index contributed by atoms with van der Waals surface area (Å²) in [4.78, 5) is 11.2. The van der Waals surface area contributed by atoms with Gasteiger partial charge in [0.25, 0.3) is 0 Å². The minimum absolute atomic E-state index is 0.671. The molecule has 0 N–H and O–H groups in total. The molecule has 1 aromatic carbocycles. The molecular formula is C17H20N6. The normalized spacial score (nSPS) is 18.5. The molecule has 0 amide bonds. The van der Waals surface area contributed by atoms with Crippen LogP contribution in [0.4, 0.5) is 5.82 Å². The van der Waals surface area contributed by atoms with E-state index in [1.807, 2.05) is 22.9 Å². The molecule has 0 radical (unpaired) electrons. The summed E-state index contributed by atoms with van der Waals surface area (Å²) < 4.78 is 1.85. The Labute approximate surface area is 135 Å². The van der Waals surface area contributed by atoms with Crippen LogP contribution >= 0.6 is 0 Å². The van der Waals surface area contributed by atoms with E-state index in [1.54, 1.807) is 6.33 Å². The van der Waals surface area contributed by atoms with Crippen molar-refractivity contribution in [1.29, 1.82) is 0 Å². The van der Waals surface area contributed by atoms with Gasteiger partial charge in [0.05, 0.1) is 6.54 Å². The minimum Gasteiger partial charge on any atom is -0.354 e.